The minimum atomic E-state index is -0.591. The highest BCUT2D eigenvalue weighted by atomic mass is 79.9. The van der Waals surface area contributed by atoms with Crippen molar-refractivity contribution in [1.82, 2.24) is 15.7 Å². The number of hydroxylamine groups is 2. The zero-order valence-electron chi connectivity index (χ0n) is 22.2. The number of fused-ring (bicyclic) bond motifs is 1. The van der Waals surface area contributed by atoms with E-state index in [1.165, 1.54) is 11.1 Å². The molecular formula is C31H32BrN3O5. The summed E-state index contributed by atoms with van der Waals surface area (Å²) < 4.78 is 5.70. The molecule has 0 bridgehead atoms. The van der Waals surface area contributed by atoms with Gasteiger partial charge in [0.2, 0.25) is 12.3 Å². The van der Waals surface area contributed by atoms with Crippen molar-refractivity contribution in [2.75, 3.05) is 6.67 Å². The molecule has 9 heteroatoms. The molecule has 2 unspecified atom stereocenters. The average Bonchev–Trinajstić information content (AvgIpc) is 3.43. The lowest BCUT2D eigenvalue weighted by Crippen LogP contribution is -2.48. The van der Waals surface area contributed by atoms with Crippen LogP contribution in [0.25, 0.3) is 10.8 Å². The van der Waals surface area contributed by atoms with Gasteiger partial charge in [-0.2, -0.15) is 0 Å². The standard InChI is InChI=1S/C31H32BrN3O5/c1-2-27(35(21-36)39-19-23-8-4-3-5-9-23)26(15-13-22-12-14-24-10-6-7-11-25(24)18-22)30(37)33-20-34-31(38)28-16-17-29(32)40-28/h3-12,14,16-18,21,26-27H,2,13,15,19-20H2,1H3,(H,33,37)(H,34,38). The summed E-state index contributed by atoms with van der Waals surface area (Å²) in [6, 6.07) is 26.5. The van der Waals surface area contributed by atoms with Crippen LogP contribution < -0.4 is 10.6 Å². The van der Waals surface area contributed by atoms with Gasteiger partial charge in [-0.05, 0) is 69.2 Å². The Morgan fingerprint density at radius 3 is 2.40 bits per heavy atom. The molecule has 0 aliphatic rings. The molecule has 0 spiro atoms. The van der Waals surface area contributed by atoms with Crippen molar-refractivity contribution in [3.8, 4) is 0 Å². The number of halogens is 1. The lowest BCUT2D eigenvalue weighted by molar-refractivity contribution is -0.200. The van der Waals surface area contributed by atoms with Gasteiger partial charge in [0, 0.05) is 0 Å². The fourth-order valence-corrected chi connectivity index (χ4v) is 4.96. The average molecular weight is 607 g/mol. The SMILES string of the molecule is CCC(C(CCc1ccc2ccccc2c1)C(=O)NCNC(=O)c1ccc(Br)o1)N(C=O)OCc1ccccc1. The predicted molar refractivity (Wildman–Crippen MR) is 156 cm³/mol. The maximum absolute atomic E-state index is 13.5. The molecule has 0 saturated heterocycles. The summed E-state index contributed by atoms with van der Waals surface area (Å²) in [7, 11) is 0. The van der Waals surface area contributed by atoms with Crippen molar-refractivity contribution >= 4 is 44.9 Å². The van der Waals surface area contributed by atoms with E-state index in [1.54, 1.807) is 6.07 Å². The van der Waals surface area contributed by atoms with Crippen LogP contribution in [0.15, 0.2) is 94.0 Å². The van der Waals surface area contributed by atoms with E-state index in [9.17, 15) is 14.4 Å². The Kier molecular flexibility index (Phi) is 10.5. The van der Waals surface area contributed by atoms with E-state index in [4.69, 9.17) is 9.25 Å². The number of carbonyl (C=O) groups is 3. The first-order chi connectivity index (χ1) is 19.5. The minimum Gasteiger partial charge on any atom is -0.444 e. The van der Waals surface area contributed by atoms with Crippen LogP contribution in [-0.4, -0.2) is 36.0 Å². The van der Waals surface area contributed by atoms with Gasteiger partial charge in [-0.3, -0.25) is 19.2 Å². The van der Waals surface area contributed by atoms with Gasteiger partial charge in [0.1, 0.15) is 6.61 Å². The van der Waals surface area contributed by atoms with Crippen LogP contribution in [0.1, 0.15) is 41.4 Å². The van der Waals surface area contributed by atoms with E-state index in [2.05, 4.69) is 56.9 Å². The van der Waals surface area contributed by atoms with E-state index in [0.717, 1.165) is 21.9 Å². The summed E-state index contributed by atoms with van der Waals surface area (Å²) in [5, 5.41) is 8.96. The summed E-state index contributed by atoms with van der Waals surface area (Å²) in [6.07, 6.45) is 2.22. The molecule has 3 amide bonds. The molecule has 4 aromatic rings. The highest BCUT2D eigenvalue weighted by Gasteiger charge is 2.32. The van der Waals surface area contributed by atoms with Crippen LogP contribution >= 0.6 is 15.9 Å². The summed E-state index contributed by atoms with van der Waals surface area (Å²) in [6.45, 7) is 2.02. The van der Waals surface area contributed by atoms with Gasteiger partial charge in [0.15, 0.2) is 10.4 Å². The molecule has 1 aromatic heterocycles. The second-order valence-corrected chi connectivity index (χ2v) is 10.1. The Bertz CT molecular complexity index is 1420. The zero-order chi connectivity index (χ0) is 28.3. The number of aryl methyl sites for hydroxylation is 1. The van der Waals surface area contributed by atoms with Crippen LogP contribution in [0.4, 0.5) is 0 Å². The zero-order valence-corrected chi connectivity index (χ0v) is 23.8. The topological polar surface area (TPSA) is 101 Å². The molecule has 3 aromatic carbocycles. The van der Waals surface area contributed by atoms with E-state index >= 15 is 0 Å². The van der Waals surface area contributed by atoms with Gasteiger partial charge in [0.05, 0.1) is 18.6 Å². The fourth-order valence-electron chi connectivity index (χ4n) is 4.65. The third kappa shape index (κ3) is 7.80. The Morgan fingerprint density at radius 2 is 1.70 bits per heavy atom. The summed E-state index contributed by atoms with van der Waals surface area (Å²) >= 11 is 3.17. The molecule has 2 N–H and O–H groups in total. The molecular weight excluding hydrogens is 574 g/mol. The normalized spacial score (nSPS) is 12.4. The van der Waals surface area contributed by atoms with Crippen LogP contribution in [0.3, 0.4) is 0 Å². The number of furan rings is 1. The van der Waals surface area contributed by atoms with Gasteiger partial charge in [0.25, 0.3) is 5.91 Å². The van der Waals surface area contributed by atoms with Gasteiger partial charge in [-0.25, -0.2) is 5.06 Å². The smallest absolute Gasteiger partial charge is 0.288 e. The number of hydrogen-bond donors (Lipinski definition) is 2. The van der Waals surface area contributed by atoms with E-state index < -0.39 is 17.9 Å². The van der Waals surface area contributed by atoms with E-state index in [-0.39, 0.29) is 24.9 Å². The van der Waals surface area contributed by atoms with Crippen LogP contribution in [-0.2, 0) is 27.5 Å². The molecule has 4 rings (SSSR count). The molecule has 2 atom stereocenters. The van der Waals surface area contributed by atoms with Crippen LogP contribution in [0.2, 0.25) is 0 Å². The summed E-state index contributed by atoms with van der Waals surface area (Å²) in [5.41, 5.74) is 2.00. The summed E-state index contributed by atoms with van der Waals surface area (Å²) in [5.74, 6) is -1.20. The largest absolute Gasteiger partial charge is 0.444 e. The number of nitrogens with one attached hydrogen (secondary N) is 2. The maximum Gasteiger partial charge on any atom is 0.288 e. The maximum atomic E-state index is 13.5. The van der Waals surface area contributed by atoms with Crippen molar-refractivity contribution in [3.63, 3.8) is 0 Å². The molecule has 0 radical (unpaired) electrons. The molecule has 1 heterocycles. The molecule has 208 valence electrons. The molecule has 0 saturated carbocycles. The second-order valence-electron chi connectivity index (χ2n) is 9.35. The van der Waals surface area contributed by atoms with Crippen molar-refractivity contribution in [2.45, 2.75) is 38.8 Å². The lowest BCUT2D eigenvalue weighted by atomic mass is 9.89. The van der Waals surface area contributed by atoms with E-state index in [0.29, 0.717) is 30.3 Å². The third-order valence-electron chi connectivity index (χ3n) is 6.74. The Hall–Kier alpha value is -3.95. The molecule has 0 aliphatic heterocycles. The van der Waals surface area contributed by atoms with Crippen molar-refractivity contribution < 1.29 is 23.6 Å². The highest BCUT2D eigenvalue weighted by molar-refractivity contribution is 9.10. The van der Waals surface area contributed by atoms with Crippen LogP contribution in [0.5, 0.6) is 0 Å². The molecule has 40 heavy (non-hydrogen) atoms. The Morgan fingerprint density at radius 1 is 0.950 bits per heavy atom. The van der Waals surface area contributed by atoms with Crippen LogP contribution in [0, 0.1) is 5.92 Å². The first-order valence-electron chi connectivity index (χ1n) is 13.2. The second kappa shape index (κ2) is 14.4. The van der Waals surface area contributed by atoms with Gasteiger partial charge < -0.3 is 15.1 Å². The quantitative estimate of drug-likeness (QED) is 0.110. The van der Waals surface area contributed by atoms with Gasteiger partial charge >= 0.3 is 0 Å². The van der Waals surface area contributed by atoms with E-state index in [1.807, 2.05) is 49.4 Å². The number of nitrogens with zero attached hydrogens (tertiary/aromatic N) is 1. The van der Waals surface area contributed by atoms with Crippen molar-refractivity contribution in [3.05, 3.63) is 106 Å². The number of amides is 3. The number of hydrogen-bond acceptors (Lipinski definition) is 5. The third-order valence-corrected chi connectivity index (χ3v) is 7.17. The first-order valence-corrected chi connectivity index (χ1v) is 14.0. The number of benzene rings is 3. The first kappa shape index (κ1) is 29.0. The molecule has 0 aliphatic carbocycles. The Labute approximate surface area is 241 Å². The summed E-state index contributed by atoms with van der Waals surface area (Å²) in [4.78, 5) is 43.8. The van der Waals surface area contributed by atoms with Gasteiger partial charge in [-0.1, -0.05) is 79.7 Å². The lowest BCUT2D eigenvalue weighted by Gasteiger charge is -2.32. The highest BCUT2D eigenvalue weighted by Crippen LogP contribution is 2.24. The van der Waals surface area contributed by atoms with Gasteiger partial charge in [-0.15, -0.1) is 0 Å². The minimum absolute atomic E-state index is 0.0924. The monoisotopic (exact) mass is 605 g/mol. The fraction of sp³-hybridized carbons (Fsp3) is 0.258. The number of carbonyl (C=O) groups excluding carboxylic acids is 3. The molecule has 0 fully saturated rings. The van der Waals surface area contributed by atoms with Crippen molar-refractivity contribution in [1.29, 1.82) is 0 Å². The predicted octanol–water partition coefficient (Wildman–Crippen LogP) is 5.62. The molecule has 8 nitrogen and oxygen atoms in total. The Balaban J connectivity index is 1.47. The van der Waals surface area contributed by atoms with Crippen molar-refractivity contribution in [2.24, 2.45) is 5.92 Å². The number of rotatable bonds is 14.